The van der Waals surface area contributed by atoms with E-state index in [0.717, 1.165) is 31.6 Å². The number of nitrogens with zero attached hydrogens (tertiary/aromatic N) is 1. The molecule has 108 valence electrons. The van der Waals surface area contributed by atoms with Crippen molar-refractivity contribution < 1.29 is 9.59 Å². The Hall–Kier alpha value is -0.750. The minimum atomic E-state index is -0.373. The maximum absolute atomic E-state index is 12.2. The molecular formula is C13H23N3O2S. The van der Waals surface area contributed by atoms with Gasteiger partial charge in [0.25, 0.3) is 0 Å². The summed E-state index contributed by atoms with van der Waals surface area (Å²) in [4.78, 5) is 25.5. The summed E-state index contributed by atoms with van der Waals surface area (Å²) >= 11 is 1.71. The molecule has 2 rings (SSSR count). The number of fused-ring (bicyclic) bond motifs is 1. The number of hydrogen-bond donors (Lipinski definition) is 2. The molecule has 2 saturated heterocycles. The van der Waals surface area contributed by atoms with Crippen LogP contribution in [0.1, 0.15) is 25.7 Å². The van der Waals surface area contributed by atoms with Gasteiger partial charge in [-0.1, -0.05) is 0 Å². The number of likely N-dealkylation sites (tertiary alicyclic amines) is 1. The van der Waals surface area contributed by atoms with Crippen LogP contribution >= 0.6 is 11.8 Å². The van der Waals surface area contributed by atoms with Gasteiger partial charge in [0, 0.05) is 25.6 Å². The lowest BCUT2D eigenvalue weighted by molar-refractivity contribution is -0.136. The van der Waals surface area contributed by atoms with Crippen LogP contribution in [0.15, 0.2) is 0 Å². The van der Waals surface area contributed by atoms with E-state index in [9.17, 15) is 9.59 Å². The lowest BCUT2D eigenvalue weighted by atomic mass is 9.85. The summed E-state index contributed by atoms with van der Waals surface area (Å²) in [5.74, 6) is 1.55. The molecule has 2 amide bonds. The number of amides is 2. The number of thioether (sulfide) groups is 1. The van der Waals surface area contributed by atoms with E-state index < -0.39 is 0 Å². The van der Waals surface area contributed by atoms with E-state index in [1.165, 1.54) is 0 Å². The molecule has 0 radical (unpaired) electrons. The molecular weight excluding hydrogens is 262 g/mol. The van der Waals surface area contributed by atoms with Gasteiger partial charge in [-0.2, -0.15) is 11.8 Å². The molecule has 5 nitrogen and oxygen atoms in total. The van der Waals surface area contributed by atoms with Gasteiger partial charge in [0.15, 0.2) is 0 Å². The molecule has 0 spiro atoms. The second-order valence-corrected chi connectivity index (χ2v) is 6.42. The Balaban J connectivity index is 1.86. The third-order valence-electron chi connectivity index (χ3n) is 4.08. The zero-order chi connectivity index (χ0) is 13.8. The maximum Gasteiger partial charge on any atom is 0.239 e. The monoisotopic (exact) mass is 285 g/mol. The van der Waals surface area contributed by atoms with Crippen molar-refractivity contribution in [3.05, 3.63) is 0 Å². The normalized spacial score (nSPS) is 28.5. The minimum absolute atomic E-state index is 0.0735. The molecule has 0 aromatic rings. The fourth-order valence-corrected chi connectivity index (χ4v) is 3.40. The molecule has 19 heavy (non-hydrogen) atoms. The quantitative estimate of drug-likeness (QED) is 0.773. The molecule has 2 fully saturated rings. The summed E-state index contributed by atoms with van der Waals surface area (Å²) in [6.45, 7) is 1.46. The summed E-state index contributed by atoms with van der Waals surface area (Å²) in [6.07, 6.45) is 5.09. The van der Waals surface area contributed by atoms with Gasteiger partial charge < -0.3 is 16.0 Å². The Bertz CT molecular complexity index is 351. The number of nitrogens with one attached hydrogen (secondary N) is 1. The lowest BCUT2D eigenvalue weighted by Gasteiger charge is -2.42. The Labute approximate surface area is 118 Å². The van der Waals surface area contributed by atoms with Gasteiger partial charge in [0.2, 0.25) is 11.8 Å². The molecule has 0 saturated carbocycles. The van der Waals surface area contributed by atoms with Crippen LogP contribution in [-0.4, -0.2) is 53.9 Å². The molecule has 0 bridgehead atoms. The van der Waals surface area contributed by atoms with Gasteiger partial charge in [0.05, 0.1) is 6.04 Å². The number of nitrogens with two attached hydrogens (primary N) is 1. The first-order chi connectivity index (χ1) is 9.11. The molecule has 3 N–H and O–H groups in total. The third-order valence-corrected chi connectivity index (χ3v) is 4.73. The van der Waals surface area contributed by atoms with Gasteiger partial charge in [-0.25, -0.2) is 0 Å². The maximum atomic E-state index is 12.2. The zero-order valence-corrected chi connectivity index (χ0v) is 12.2. The predicted molar refractivity (Wildman–Crippen MR) is 76.8 cm³/mol. The first kappa shape index (κ1) is 14.7. The second-order valence-electron chi connectivity index (χ2n) is 5.43. The summed E-state index contributed by atoms with van der Waals surface area (Å²) in [7, 11) is 0. The average molecular weight is 285 g/mol. The molecule has 0 aliphatic carbocycles. The highest BCUT2D eigenvalue weighted by atomic mass is 32.2. The summed E-state index contributed by atoms with van der Waals surface area (Å²) in [5.41, 5.74) is 5.95. The van der Waals surface area contributed by atoms with Crippen LogP contribution in [-0.2, 0) is 9.59 Å². The van der Waals surface area contributed by atoms with Gasteiger partial charge >= 0.3 is 0 Å². The largest absolute Gasteiger partial charge is 0.353 e. The molecule has 2 unspecified atom stereocenters. The van der Waals surface area contributed by atoms with E-state index in [1.54, 1.807) is 11.8 Å². The Morgan fingerprint density at radius 1 is 1.58 bits per heavy atom. The van der Waals surface area contributed by atoms with E-state index in [1.807, 2.05) is 11.2 Å². The first-order valence-electron chi connectivity index (χ1n) is 6.94. The number of hydrogen-bond acceptors (Lipinski definition) is 4. The third kappa shape index (κ3) is 3.63. The highest BCUT2D eigenvalue weighted by Crippen LogP contribution is 2.25. The van der Waals surface area contributed by atoms with Crippen molar-refractivity contribution in [3.63, 3.8) is 0 Å². The second kappa shape index (κ2) is 6.61. The number of rotatable bonds is 4. The van der Waals surface area contributed by atoms with Crippen molar-refractivity contribution in [2.45, 2.75) is 37.8 Å². The molecule has 6 heteroatoms. The van der Waals surface area contributed by atoms with Crippen LogP contribution < -0.4 is 11.1 Å². The van der Waals surface area contributed by atoms with E-state index in [2.05, 4.69) is 5.32 Å². The highest BCUT2D eigenvalue weighted by molar-refractivity contribution is 7.98. The Morgan fingerprint density at radius 2 is 2.37 bits per heavy atom. The van der Waals surface area contributed by atoms with Crippen molar-refractivity contribution in [2.24, 2.45) is 11.7 Å². The molecule has 3 atom stereocenters. The van der Waals surface area contributed by atoms with Gasteiger partial charge in [0.1, 0.15) is 0 Å². The standard InChI is InChI=1S/C13H23N3O2S/c1-19-7-5-10(14)13(18)16-6-4-11-9(8-16)2-3-12(17)15-11/h9-11H,2-8,14H2,1H3,(H,15,17)/t9?,10-,11?/m1/s1. The van der Waals surface area contributed by atoms with Crippen molar-refractivity contribution >= 4 is 23.6 Å². The molecule has 0 aromatic carbocycles. The van der Waals surface area contributed by atoms with E-state index >= 15 is 0 Å². The van der Waals surface area contributed by atoms with Crippen molar-refractivity contribution in [3.8, 4) is 0 Å². The van der Waals surface area contributed by atoms with Crippen LogP contribution in [0.2, 0.25) is 0 Å². The van der Waals surface area contributed by atoms with Crippen molar-refractivity contribution in [2.75, 3.05) is 25.1 Å². The van der Waals surface area contributed by atoms with Crippen LogP contribution in [0.4, 0.5) is 0 Å². The van der Waals surface area contributed by atoms with E-state index in [-0.39, 0.29) is 23.9 Å². The van der Waals surface area contributed by atoms with Crippen LogP contribution in [0, 0.1) is 5.92 Å². The SMILES string of the molecule is CSCC[C@@H](N)C(=O)N1CCC2NC(=O)CCC2C1. The topological polar surface area (TPSA) is 75.4 Å². The fourth-order valence-electron chi connectivity index (χ4n) is 2.91. The van der Waals surface area contributed by atoms with Gasteiger partial charge in [-0.3, -0.25) is 9.59 Å². The van der Waals surface area contributed by atoms with Crippen molar-refractivity contribution in [1.29, 1.82) is 0 Å². The predicted octanol–water partition coefficient (Wildman–Crippen LogP) is 0.194. The van der Waals surface area contributed by atoms with Gasteiger partial charge in [-0.05, 0) is 37.2 Å². The van der Waals surface area contributed by atoms with Crippen LogP contribution in [0.3, 0.4) is 0 Å². The fraction of sp³-hybridized carbons (Fsp3) is 0.846. The lowest BCUT2D eigenvalue weighted by Crippen LogP contribution is -2.57. The average Bonchev–Trinajstić information content (AvgIpc) is 2.43. The smallest absolute Gasteiger partial charge is 0.239 e. The number of piperidine rings is 2. The Morgan fingerprint density at radius 3 is 3.11 bits per heavy atom. The van der Waals surface area contributed by atoms with Crippen molar-refractivity contribution in [1.82, 2.24) is 10.2 Å². The summed E-state index contributed by atoms with van der Waals surface area (Å²) in [5, 5.41) is 3.03. The molecule has 0 aromatic heterocycles. The van der Waals surface area contributed by atoms with E-state index in [0.29, 0.717) is 18.9 Å². The van der Waals surface area contributed by atoms with Gasteiger partial charge in [-0.15, -0.1) is 0 Å². The summed E-state index contributed by atoms with van der Waals surface area (Å²) in [6, 6.07) is -0.116. The van der Waals surface area contributed by atoms with Crippen LogP contribution in [0.5, 0.6) is 0 Å². The molecule has 2 heterocycles. The molecule has 2 aliphatic heterocycles. The zero-order valence-electron chi connectivity index (χ0n) is 11.4. The molecule has 2 aliphatic rings. The minimum Gasteiger partial charge on any atom is -0.353 e. The number of carbonyl (C=O) groups is 2. The summed E-state index contributed by atoms with van der Waals surface area (Å²) < 4.78 is 0. The Kier molecular flexibility index (Phi) is 5.10. The van der Waals surface area contributed by atoms with E-state index in [4.69, 9.17) is 5.73 Å². The number of carbonyl (C=O) groups excluding carboxylic acids is 2. The van der Waals surface area contributed by atoms with Crippen LogP contribution in [0.25, 0.3) is 0 Å². The highest BCUT2D eigenvalue weighted by Gasteiger charge is 2.36. The first-order valence-corrected chi connectivity index (χ1v) is 8.34.